The van der Waals surface area contributed by atoms with Crippen LogP contribution in [0.2, 0.25) is 5.02 Å². The Morgan fingerprint density at radius 3 is 1.84 bits per heavy atom. The molecule has 0 aliphatic rings. The standard InChI is InChI=1S/C42H45ClN8O6/c43-29-5-3-25(4-6-29)18-37(51-42(57)38(49-39(54)2-1-14-44)20-28-24-48-35-10-8-31(53)22-33(28)35)41(56)50-36(19-26-11-15-45-16-12-26)40(55)46-17-13-27-23-47-34-9-7-30(52)21-32(27)34/h3-12,15-16,21-24,36-38,47-48,52-53H,1-2,13-14,17-20,44H2,(H,46,55)(H,49,54)(H,50,56)(H,51,57)/t36-,37-,38-/m0/s1. The van der Waals surface area contributed by atoms with Crippen molar-refractivity contribution in [2.75, 3.05) is 13.1 Å². The van der Waals surface area contributed by atoms with Crippen LogP contribution in [0, 0.1) is 0 Å². The second kappa shape index (κ2) is 19.0. The van der Waals surface area contributed by atoms with Crippen LogP contribution < -0.4 is 27.0 Å². The molecule has 14 nitrogen and oxygen atoms in total. The number of nitrogens with zero attached hydrogens (tertiary/aromatic N) is 1. The van der Waals surface area contributed by atoms with E-state index in [4.69, 9.17) is 17.3 Å². The van der Waals surface area contributed by atoms with Crippen LogP contribution in [0.25, 0.3) is 21.8 Å². The van der Waals surface area contributed by atoms with E-state index in [1.807, 2.05) is 6.20 Å². The van der Waals surface area contributed by atoms with Gasteiger partial charge in [-0.3, -0.25) is 24.2 Å². The summed E-state index contributed by atoms with van der Waals surface area (Å²) < 4.78 is 0. The fourth-order valence-electron chi connectivity index (χ4n) is 6.68. The van der Waals surface area contributed by atoms with E-state index in [0.717, 1.165) is 27.5 Å². The van der Waals surface area contributed by atoms with E-state index in [-0.39, 0.29) is 56.2 Å². The Bertz CT molecular complexity index is 2330. The molecule has 10 N–H and O–H groups in total. The molecule has 0 saturated carbocycles. The molecule has 0 aliphatic carbocycles. The molecule has 57 heavy (non-hydrogen) atoms. The Hall–Kier alpha value is -6.38. The summed E-state index contributed by atoms with van der Waals surface area (Å²) in [5.74, 6) is -1.90. The number of aromatic amines is 2. The summed E-state index contributed by atoms with van der Waals surface area (Å²) in [6.45, 7) is 0.531. The normalized spacial score (nSPS) is 12.8. The van der Waals surface area contributed by atoms with Gasteiger partial charge in [0, 0.05) is 83.8 Å². The van der Waals surface area contributed by atoms with Gasteiger partial charge < -0.3 is 47.2 Å². The second-order valence-corrected chi connectivity index (χ2v) is 14.3. The molecule has 3 aromatic heterocycles. The van der Waals surface area contributed by atoms with Crippen molar-refractivity contribution in [3.63, 3.8) is 0 Å². The number of rotatable bonds is 18. The third-order valence-electron chi connectivity index (χ3n) is 9.69. The number of aromatic nitrogens is 3. The number of hydrogen-bond donors (Lipinski definition) is 9. The van der Waals surface area contributed by atoms with Crippen molar-refractivity contribution in [2.24, 2.45) is 5.73 Å². The van der Waals surface area contributed by atoms with Gasteiger partial charge in [-0.1, -0.05) is 23.7 Å². The molecule has 3 aromatic carbocycles. The van der Waals surface area contributed by atoms with Crippen molar-refractivity contribution in [3.05, 3.63) is 125 Å². The molecule has 0 unspecified atom stereocenters. The van der Waals surface area contributed by atoms with E-state index in [1.165, 1.54) is 0 Å². The van der Waals surface area contributed by atoms with Gasteiger partial charge in [0.2, 0.25) is 23.6 Å². The smallest absolute Gasteiger partial charge is 0.243 e. The maximum atomic E-state index is 14.3. The molecule has 0 saturated heterocycles. The molecule has 6 aromatic rings. The van der Waals surface area contributed by atoms with Gasteiger partial charge in [0.25, 0.3) is 0 Å². The average Bonchev–Trinajstić information content (AvgIpc) is 3.80. The Morgan fingerprint density at radius 2 is 1.23 bits per heavy atom. The highest BCUT2D eigenvalue weighted by atomic mass is 35.5. The minimum atomic E-state index is -1.18. The SMILES string of the molecule is NCCCC(=O)N[C@@H](Cc1c[nH]c2ccc(O)cc12)C(=O)N[C@@H](Cc1ccc(Cl)cc1)C(=O)N[C@@H](Cc1ccncc1)C(=O)NCCc1c[nH]c2ccc(O)cc12. The third kappa shape index (κ3) is 10.9. The van der Waals surface area contributed by atoms with Crippen LogP contribution in [-0.4, -0.2) is 80.0 Å². The first-order valence-corrected chi connectivity index (χ1v) is 19.0. The molecular formula is C42H45ClN8O6. The molecule has 6 rings (SSSR count). The van der Waals surface area contributed by atoms with Crippen LogP contribution in [0.3, 0.4) is 0 Å². The number of phenolic OH excluding ortho intramolecular Hbond substituents is 2. The summed E-state index contributed by atoms with van der Waals surface area (Å²) in [7, 11) is 0. The predicted octanol–water partition coefficient (Wildman–Crippen LogP) is 3.69. The van der Waals surface area contributed by atoms with Crippen molar-refractivity contribution in [2.45, 2.75) is 56.7 Å². The summed E-state index contributed by atoms with van der Waals surface area (Å²) in [4.78, 5) is 65.7. The van der Waals surface area contributed by atoms with Crippen LogP contribution >= 0.6 is 11.6 Å². The molecule has 0 fully saturated rings. The van der Waals surface area contributed by atoms with Crippen LogP contribution in [0.1, 0.15) is 35.1 Å². The van der Waals surface area contributed by atoms with Crippen molar-refractivity contribution < 1.29 is 29.4 Å². The number of amides is 4. The number of fused-ring (bicyclic) bond motifs is 2. The monoisotopic (exact) mass is 792 g/mol. The number of phenols is 2. The first kappa shape index (κ1) is 40.3. The highest BCUT2D eigenvalue weighted by molar-refractivity contribution is 6.30. The summed E-state index contributed by atoms with van der Waals surface area (Å²) in [5, 5.41) is 33.7. The molecule has 4 amide bonds. The Balaban J connectivity index is 1.23. The summed E-state index contributed by atoms with van der Waals surface area (Å²) in [6.07, 6.45) is 7.91. The zero-order valence-corrected chi connectivity index (χ0v) is 31.8. The number of nitrogens with one attached hydrogen (secondary N) is 6. The lowest BCUT2D eigenvalue weighted by molar-refractivity contribution is -0.133. The molecule has 15 heteroatoms. The number of pyridine rings is 1. The third-order valence-corrected chi connectivity index (χ3v) is 9.94. The Labute approximate surface area is 333 Å². The molecule has 0 radical (unpaired) electrons. The van der Waals surface area contributed by atoms with E-state index < -0.39 is 35.8 Å². The zero-order chi connectivity index (χ0) is 40.3. The maximum absolute atomic E-state index is 14.3. The first-order chi connectivity index (χ1) is 27.6. The van der Waals surface area contributed by atoms with E-state index >= 15 is 0 Å². The molecular weight excluding hydrogens is 748 g/mol. The van der Waals surface area contributed by atoms with Crippen LogP contribution in [-0.2, 0) is 44.9 Å². The van der Waals surface area contributed by atoms with E-state index in [9.17, 15) is 29.4 Å². The zero-order valence-electron chi connectivity index (χ0n) is 31.1. The minimum Gasteiger partial charge on any atom is -0.508 e. The van der Waals surface area contributed by atoms with E-state index in [2.05, 4.69) is 36.2 Å². The number of carbonyl (C=O) groups is 4. The molecule has 3 heterocycles. The van der Waals surface area contributed by atoms with Gasteiger partial charge in [0.05, 0.1) is 0 Å². The first-order valence-electron chi connectivity index (χ1n) is 18.7. The number of hydrogen-bond acceptors (Lipinski definition) is 8. The topological polar surface area (TPSA) is 227 Å². The second-order valence-electron chi connectivity index (χ2n) is 13.9. The van der Waals surface area contributed by atoms with Gasteiger partial charge >= 0.3 is 0 Å². The fourth-order valence-corrected chi connectivity index (χ4v) is 6.81. The highest BCUT2D eigenvalue weighted by Gasteiger charge is 2.31. The number of nitrogens with two attached hydrogens (primary N) is 1. The largest absolute Gasteiger partial charge is 0.508 e. The van der Waals surface area contributed by atoms with Crippen LogP contribution in [0.15, 0.2) is 97.6 Å². The summed E-state index contributed by atoms with van der Waals surface area (Å²) >= 11 is 6.15. The van der Waals surface area contributed by atoms with Crippen molar-refractivity contribution >= 4 is 57.0 Å². The minimum absolute atomic E-state index is 0.0413. The average molecular weight is 793 g/mol. The quantitative estimate of drug-likeness (QED) is 0.0622. The Kier molecular flexibility index (Phi) is 13.4. The molecule has 0 spiro atoms. The fraction of sp³-hybridized carbons (Fsp3) is 0.262. The van der Waals surface area contributed by atoms with E-state index in [0.29, 0.717) is 34.4 Å². The van der Waals surface area contributed by atoms with Gasteiger partial charge in [0.15, 0.2) is 0 Å². The van der Waals surface area contributed by atoms with E-state index in [1.54, 1.807) is 91.4 Å². The predicted molar refractivity (Wildman–Crippen MR) is 218 cm³/mol. The number of aromatic hydroxyl groups is 2. The van der Waals surface area contributed by atoms with Gasteiger partial charge in [0.1, 0.15) is 29.6 Å². The molecule has 0 aliphatic heterocycles. The number of benzene rings is 3. The number of carbonyl (C=O) groups excluding carboxylic acids is 4. The lowest BCUT2D eigenvalue weighted by Crippen LogP contribution is -2.58. The maximum Gasteiger partial charge on any atom is 0.243 e. The van der Waals surface area contributed by atoms with Gasteiger partial charge in [-0.05, 0) is 102 Å². The van der Waals surface area contributed by atoms with Gasteiger partial charge in [-0.25, -0.2) is 0 Å². The van der Waals surface area contributed by atoms with Crippen molar-refractivity contribution in [1.82, 2.24) is 36.2 Å². The van der Waals surface area contributed by atoms with Crippen molar-refractivity contribution in [1.29, 1.82) is 0 Å². The van der Waals surface area contributed by atoms with Crippen molar-refractivity contribution in [3.8, 4) is 11.5 Å². The highest BCUT2D eigenvalue weighted by Crippen LogP contribution is 2.25. The molecule has 296 valence electrons. The number of halogens is 1. The summed E-state index contributed by atoms with van der Waals surface area (Å²) in [5.41, 5.74) is 10.2. The van der Waals surface area contributed by atoms with Gasteiger partial charge in [-0.15, -0.1) is 0 Å². The Morgan fingerprint density at radius 1 is 0.684 bits per heavy atom. The number of H-pyrrole nitrogens is 2. The summed E-state index contributed by atoms with van der Waals surface area (Å²) in [6, 6.07) is 16.9. The lowest BCUT2D eigenvalue weighted by atomic mass is 10.0. The molecule has 0 bridgehead atoms. The lowest BCUT2D eigenvalue weighted by Gasteiger charge is -2.26. The van der Waals surface area contributed by atoms with Crippen LogP contribution in [0.5, 0.6) is 11.5 Å². The molecule has 3 atom stereocenters. The van der Waals surface area contributed by atoms with Gasteiger partial charge in [-0.2, -0.15) is 0 Å². The van der Waals surface area contributed by atoms with Crippen LogP contribution in [0.4, 0.5) is 0 Å².